The molecule has 4 heteroatoms. The number of nitrogens with two attached hydrogens (primary N) is 1. The van der Waals surface area contributed by atoms with Crippen molar-refractivity contribution in [3.63, 3.8) is 0 Å². The molecule has 0 amide bonds. The summed E-state index contributed by atoms with van der Waals surface area (Å²) in [6.45, 7) is 1.32. The number of hydrogen-bond donors (Lipinski definition) is 1. The lowest BCUT2D eigenvalue weighted by Gasteiger charge is -2.10. The average molecular weight is 329 g/mol. The van der Waals surface area contributed by atoms with Gasteiger partial charge in [0.25, 0.3) is 0 Å². The van der Waals surface area contributed by atoms with Crippen molar-refractivity contribution in [2.24, 2.45) is 11.7 Å². The summed E-state index contributed by atoms with van der Waals surface area (Å²) < 4.78 is 16.7. The van der Waals surface area contributed by atoms with Crippen LogP contribution in [0.25, 0.3) is 22.0 Å². The molecule has 0 atom stereocenters. The molecule has 1 fully saturated rings. The third-order valence-electron chi connectivity index (χ3n) is 4.61. The Morgan fingerprint density at radius 2 is 1.96 bits per heavy atom. The van der Waals surface area contributed by atoms with Crippen LogP contribution in [-0.2, 0) is 13.1 Å². The van der Waals surface area contributed by atoms with Gasteiger partial charge in [-0.25, -0.2) is 4.39 Å². The highest BCUT2D eigenvalue weighted by Crippen LogP contribution is 2.40. The number of hydrogen-bond acceptors (Lipinski definition) is 1. The molecule has 2 aromatic carbocycles. The zero-order chi connectivity index (χ0) is 16.0. The largest absolute Gasteiger partial charge is 0.342 e. The van der Waals surface area contributed by atoms with Crippen LogP contribution in [0.5, 0.6) is 0 Å². The Hall–Kier alpha value is -1.84. The van der Waals surface area contributed by atoms with Crippen molar-refractivity contribution in [3.8, 4) is 11.1 Å². The van der Waals surface area contributed by atoms with E-state index in [1.165, 1.54) is 18.9 Å². The van der Waals surface area contributed by atoms with Gasteiger partial charge in [0.15, 0.2) is 0 Å². The number of aromatic nitrogens is 1. The summed E-state index contributed by atoms with van der Waals surface area (Å²) in [5.74, 6) is 0.479. The first-order valence-electron chi connectivity index (χ1n) is 7.94. The van der Waals surface area contributed by atoms with E-state index >= 15 is 0 Å². The molecule has 0 radical (unpaired) electrons. The Kier molecular flexibility index (Phi) is 3.63. The molecule has 1 saturated carbocycles. The van der Waals surface area contributed by atoms with Crippen LogP contribution in [0, 0.1) is 11.7 Å². The highest BCUT2D eigenvalue weighted by Gasteiger charge is 2.26. The van der Waals surface area contributed by atoms with E-state index in [-0.39, 0.29) is 5.82 Å². The Bertz CT molecular complexity index is 880. The summed E-state index contributed by atoms with van der Waals surface area (Å²) in [6, 6.07) is 12.7. The minimum absolute atomic E-state index is 0.229. The maximum absolute atomic E-state index is 14.4. The Morgan fingerprint density at radius 1 is 1.17 bits per heavy atom. The molecule has 0 unspecified atom stereocenters. The van der Waals surface area contributed by atoms with Crippen LogP contribution in [-0.4, -0.2) is 4.57 Å². The summed E-state index contributed by atoms with van der Waals surface area (Å²) in [5.41, 5.74) is 9.60. The second-order valence-corrected chi connectivity index (χ2v) is 6.66. The van der Waals surface area contributed by atoms with Crippen LogP contribution in [0.4, 0.5) is 4.39 Å². The third kappa shape index (κ3) is 2.54. The van der Waals surface area contributed by atoms with Gasteiger partial charge < -0.3 is 10.3 Å². The maximum atomic E-state index is 14.4. The minimum Gasteiger partial charge on any atom is -0.342 e. The molecule has 1 aliphatic rings. The van der Waals surface area contributed by atoms with Gasteiger partial charge in [-0.2, -0.15) is 0 Å². The standard InChI is InChI=1S/C19H18ClFN2/c20-13-7-8-17-15(9-13)19(14-3-1-2-4-16(14)21)18(10-22)23(17)11-12-5-6-12/h1-4,7-9,12H,5-6,10-11,22H2. The van der Waals surface area contributed by atoms with E-state index in [4.69, 9.17) is 17.3 Å². The van der Waals surface area contributed by atoms with Crippen LogP contribution < -0.4 is 5.73 Å². The molecule has 2 nitrogen and oxygen atoms in total. The van der Waals surface area contributed by atoms with E-state index in [2.05, 4.69) is 4.57 Å². The fourth-order valence-corrected chi connectivity index (χ4v) is 3.50. The molecule has 0 spiro atoms. The second kappa shape index (κ2) is 5.66. The quantitative estimate of drug-likeness (QED) is 0.720. The molecule has 118 valence electrons. The third-order valence-corrected chi connectivity index (χ3v) is 4.84. The van der Waals surface area contributed by atoms with Crippen molar-refractivity contribution in [2.45, 2.75) is 25.9 Å². The minimum atomic E-state index is -0.229. The molecule has 1 heterocycles. The highest BCUT2D eigenvalue weighted by molar-refractivity contribution is 6.31. The van der Waals surface area contributed by atoms with Crippen molar-refractivity contribution >= 4 is 22.5 Å². The number of rotatable bonds is 4. The van der Waals surface area contributed by atoms with Crippen molar-refractivity contribution in [1.82, 2.24) is 4.57 Å². The fraction of sp³-hybridized carbons (Fsp3) is 0.263. The molecule has 0 bridgehead atoms. The van der Waals surface area contributed by atoms with Gasteiger partial charge in [0.2, 0.25) is 0 Å². The lowest BCUT2D eigenvalue weighted by Crippen LogP contribution is -2.09. The van der Waals surface area contributed by atoms with Crippen LogP contribution in [0.15, 0.2) is 42.5 Å². The van der Waals surface area contributed by atoms with E-state index in [1.54, 1.807) is 6.07 Å². The number of fused-ring (bicyclic) bond motifs is 1. The fourth-order valence-electron chi connectivity index (χ4n) is 3.32. The van der Waals surface area contributed by atoms with Gasteiger partial charge >= 0.3 is 0 Å². The van der Waals surface area contributed by atoms with Gasteiger partial charge in [0.1, 0.15) is 5.82 Å². The number of benzene rings is 2. The van der Waals surface area contributed by atoms with Gasteiger partial charge in [-0.05, 0) is 43.0 Å². The molecule has 1 aliphatic carbocycles. The second-order valence-electron chi connectivity index (χ2n) is 6.22. The van der Waals surface area contributed by atoms with Crippen LogP contribution in [0.1, 0.15) is 18.5 Å². The van der Waals surface area contributed by atoms with E-state index in [0.717, 1.165) is 28.7 Å². The summed E-state index contributed by atoms with van der Waals surface area (Å²) in [7, 11) is 0. The van der Waals surface area contributed by atoms with Crippen molar-refractivity contribution in [1.29, 1.82) is 0 Å². The smallest absolute Gasteiger partial charge is 0.131 e. The van der Waals surface area contributed by atoms with Gasteiger partial charge in [-0.1, -0.05) is 29.8 Å². The SMILES string of the molecule is NCc1c(-c2ccccc2F)c2cc(Cl)ccc2n1CC1CC1. The first-order chi connectivity index (χ1) is 11.2. The summed E-state index contributed by atoms with van der Waals surface area (Å²) in [6.07, 6.45) is 2.51. The van der Waals surface area contributed by atoms with Crippen LogP contribution in [0.3, 0.4) is 0 Å². The predicted octanol–water partition coefficient (Wildman–Crippen LogP) is 4.97. The zero-order valence-corrected chi connectivity index (χ0v) is 13.5. The van der Waals surface area contributed by atoms with E-state index in [0.29, 0.717) is 23.0 Å². The van der Waals surface area contributed by atoms with Gasteiger partial charge in [0.05, 0.1) is 0 Å². The molecule has 1 aromatic heterocycles. The Balaban J connectivity index is 2.04. The number of halogens is 2. The van der Waals surface area contributed by atoms with Crippen molar-refractivity contribution in [3.05, 3.63) is 59.0 Å². The molecule has 2 N–H and O–H groups in total. The van der Waals surface area contributed by atoms with Gasteiger partial charge in [0, 0.05) is 45.8 Å². The maximum Gasteiger partial charge on any atom is 0.131 e. The van der Waals surface area contributed by atoms with E-state index in [1.807, 2.05) is 30.3 Å². The molecule has 0 aliphatic heterocycles. The monoisotopic (exact) mass is 328 g/mol. The predicted molar refractivity (Wildman–Crippen MR) is 93.0 cm³/mol. The average Bonchev–Trinajstić information content (AvgIpc) is 3.31. The molecule has 0 saturated heterocycles. The zero-order valence-electron chi connectivity index (χ0n) is 12.7. The molecule has 23 heavy (non-hydrogen) atoms. The molecule has 4 rings (SSSR count). The van der Waals surface area contributed by atoms with Crippen molar-refractivity contribution in [2.75, 3.05) is 0 Å². The van der Waals surface area contributed by atoms with E-state index < -0.39 is 0 Å². The van der Waals surface area contributed by atoms with Crippen molar-refractivity contribution < 1.29 is 4.39 Å². The lowest BCUT2D eigenvalue weighted by atomic mass is 10.0. The van der Waals surface area contributed by atoms with Crippen LogP contribution >= 0.6 is 11.6 Å². The molecular formula is C19H18ClFN2. The Morgan fingerprint density at radius 3 is 2.65 bits per heavy atom. The number of nitrogens with zero attached hydrogens (tertiary/aromatic N) is 1. The van der Waals surface area contributed by atoms with E-state index in [9.17, 15) is 4.39 Å². The van der Waals surface area contributed by atoms with Crippen LogP contribution in [0.2, 0.25) is 5.02 Å². The topological polar surface area (TPSA) is 30.9 Å². The summed E-state index contributed by atoms with van der Waals surface area (Å²) >= 11 is 6.21. The first kappa shape index (κ1) is 14.7. The molecular weight excluding hydrogens is 311 g/mol. The highest BCUT2D eigenvalue weighted by atomic mass is 35.5. The van der Waals surface area contributed by atoms with Gasteiger partial charge in [-0.15, -0.1) is 0 Å². The first-order valence-corrected chi connectivity index (χ1v) is 8.32. The lowest BCUT2D eigenvalue weighted by molar-refractivity contribution is 0.618. The Labute approximate surface area is 139 Å². The summed E-state index contributed by atoms with van der Waals surface area (Å²) in [4.78, 5) is 0. The molecule has 3 aromatic rings. The normalized spacial score (nSPS) is 14.6. The summed E-state index contributed by atoms with van der Waals surface area (Å²) in [5, 5.41) is 1.63. The van der Waals surface area contributed by atoms with Gasteiger partial charge in [-0.3, -0.25) is 0 Å².